The highest BCUT2D eigenvalue weighted by Gasteiger charge is 2.14. The van der Waals surface area contributed by atoms with E-state index < -0.39 is 4.92 Å². The molecule has 0 saturated carbocycles. The first-order valence-electron chi connectivity index (χ1n) is 2.99. The van der Waals surface area contributed by atoms with Crippen molar-refractivity contribution < 1.29 is 4.92 Å². The number of nitro groups is 1. The molecule has 1 rings (SSSR count). The molecule has 0 radical (unpaired) electrons. The van der Waals surface area contributed by atoms with Gasteiger partial charge in [-0.25, -0.2) is 4.98 Å². The van der Waals surface area contributed by atoms with Crippen LogP contribution in [0.25, 0.3) is 0 Å². The van der Waals surface area contributed by atoms with Crippen molar-refractivity contribution in [3.8, 4) is 0 Å². The summed E-state index contributed by atoms with van der Waals surface area (Å²) in [5, 5.41) is 10.7. The summed E-state index contributed by atoms with van der Waals surface area (Å²) in [6.45, 7) is 1.68. The molecule has 0 aliphatic heterocycles. The van der Waals surface area contributed by atoms with Gasteiger partial charge in [0.15, 0.2) is 4.60 Å². The van der Waals surface area contributed by atoms with Gasteiger partial charge < -0.3 is 0 Å². The van der Waals surface area contributed by atoms with Crippen LogP contribution in [-0.4, -0.2) is 9.91 Å². The Balaban J connectivity index is 3.33. The molecular weight excluding hydrogens is 247 g/mol. The predicted molar refractivity (Wildman–Crippen MR) is 48.3 cm³/mol. The maximum absolute atomic E-state index is 10.4. The average molecular weight is 251 g/mol. The van der Waals surface area contributed by atoms with Gasteiger partial charge in [0.1, 0.15) is 0 Å². The lowest BCUT2D eigenvalue weighted by Crippen LogP contribution is -1.93. The van der Waals surface area contributed by atoms with Gasteiger partial charge in [-0.1, -0.05) is 11.6 Å². The minimum Gasteiger partial charge on any atom is -0.258 e. The Morgan fingerprint density at radius 2 is 2.33 bits per heavy atom. The van der Waals surface area contributed by atoms with E-state index in [1.54, 1.807) is 6.92 Å². The highest BCUT2D eigenvalue weighted by Crippen LogP contribution is 2.27. The van der Waals surface area contributed by atoms with Crippen molar-refractivity contribution in [2.45, 2.75) is 6.92 Å². The fourth-order valence-corrected chi connectivity index (χ4v) is 1.34. The van der Waals surface area contributed by atoms with E-state index in [0.717, 1.165) is 0 Å². The van der Waals surface area contributed by atoms with Gasteiger partial charge in [0.2, 0.25) is 0 Å². The minimum absolute atomic E-state index is 0.120. The van der Waals surface area contributed by atoms with Crippen molar-refractivity contribution in [1.29, 1.82) is 0 Å². The molecule has 12 heavy (non-hydrogen) atoms. The second-order valence-electron chi connectivity index (χ2n) is 2.12. The van der Waals surface area contributed by atoms with Crippen LogP contribution in [0.1, 0.15) is 5.69 Å². The molecule has 4 nitrogen and oxygen atoms in total. The van der Waals surface area contributed by atoms with Gasteiger partial charge in [0, 0.05) is 6.07 Å². The zero-order chi connectivity index (χ0) is 9.30. The standard InChI is InChI=1S/C6H4BrClN2O2/c1-3-4(8)2-5(10(11)12)6(7)9-3/h2H,1H3. The first-order valence-corrected chi connectivity index (χ1v) is 4.16. The summed E-state index contributed by atoms with van der Waals surface area (Å²) >= 11 is 8.61. The lowest BCUT2D eigenvalue weighted by molar-refractivity contribution is -0.386. The normalized spacial score (nSPS) is 9.92. The molecule has 0 saturated heterocycles. The van der Waals surface area contributed by atoms with Crippen molar-refractivity contribution in [1.82, 2.24) is 4.98 Å². The van der Waals surface area contributed by atoms with Crippen molar-refractivity contribution in [3.05, 3.63) is 31.5 Å². The molecule has 0 fully saturated rings. The molecule has 0 aliphatic rings. The molecule has 0 N–H and O–H groups in total. The summed E-state index contributed by atoms with van der Waals surface area (Å²) in [6, 6.07) is 1.27. The van der Waals surface area contributed by atoms with Crippen LogP contribution in [0.2, 0.25) is 5.02 Å². The molecule has 0 aliphatic carbocycles. The van der Waals surface area contributed by atoms with Crippen LogP contribution in [0.4, 0.5) is 5.69 Å². The van der Waals surface area contributed by atoms with Gasteiger partial charge in [-0.15, -0.1) is 0 Å². The summed E-state index contributed by atoms with van der Waals surface area (Å²) in [5.74, 6) is 0. The highest BCUT2D eigenvalue weighted by atomic mass is 79.9. The smallest absolute Gasteiger partial charge is 0.258 e. The molecule has 0 amide bonds. The molecule has 0 aromatic carbocycles. The van der Waals surface area contributed by atoms with E-state index in [0.29, 0.717) is 10.7 Å². The van der Waals surface area contributed by atoms with Crippen LogP contribution < -0.4 is 0 Å². The average Bonchev–Trinajstić information content (AvgIpc) is 1.96. The number of rotatable bonds is 1. The van der Waals surface area contributed by atoms with Crippen LogP contribution in [0, 0.1) is 17.0 Å². The Hall–Kier alpha value is -0.680. The van der Waals surface area contributed by atoms with Crippen molar-refractivity contribution in [2.75, 3.05) is 0 Å². The SMILES string of the molecule is Cc1nc(Br)c([N+](=O)[O-])cc1Cl. The summed E-state index contributed by atoms with van der Waals surface area (Å²) in [4.78, 5) is 13.7. The zero-order valence-electron chi connectivity index (χ0n) is 6.04. The Morgan fingerprint density at radius 3 is 2.83 bits per heavy atom. The van der Waals surface area contributed by atoms with Gasteiger partial charge in [-0.05, 0) is 22.9 Å². The predicted octanol–water partition coefficient (Wildman–Crippen LogP) is 2.71. The van der Waals surface area contributed by atoms with Gasteiger partial charge in [0.05, 0.1) is 15.6 Å². The van der Waals surface area contributed by atoms with Crippen LogP contribution in [0.3, 0.4) is 0 Å². The molecule has 64 valence electrons. The first kappa shape index (κ1) is 9.41. The number of halogens is 2. The Morgan fingerprint density at radius 1 is 1.75 bits per heavy atom. The highest BCUT2D eigenvalue weighted by molar-refractivity contribution is 9.10. The molecule has 1 heterocycles. The lowest BCUT2D eigenvalue weighted by Gasteiger charge is -1.98. The Bertz CT molecular complexity index is 343. The van der Waals surface area contributed by atoms with Crippen molar-refractivity contribution in [3.63, 3.8) is 0 Å². The van der Waals surface area contributed by atoms with E-state index >= 15 is 0 Å². The van der Waals surface area contributed by atoms with Crippen molar-refractivity contribution in [2.24, 2.45) is 0 Å². The number of hydrogen-bond donors (Lipinski definition) is 0. The quantitative estimate of drug-likeness (QED) is 0.438. The van der Waals surface area contributed by atoms with E-state index in [9.17, 15) is 10.1 Å². The largest absolute Gasteiger partial charge is 0.303 e. The number of nitrogens with zero attached hydrogens (tertiary/aromatic N) is 2. The van der Waals surface area contributed by atoms with Gasteiger partial charge in [-0.2, -0.15) is 0 Å². The third-order valence-electron chi connectivity index (χ3n) is 1.28. The van der Waals surface area contributed by atoms with E-state index in [4.69, 9.17) is 11.6 Å². The van der Waals surface area contributed by atoms with E-state index in [-0.39, 0.29) is 10.3 Å². The summed E-state index contributed by atoms with van der Waals surface area (Å²) in [6.07, 6.45) is 0. The van der Waals surface area contributed by atoms with Gasteiger partial charge in [0.25, 0.3) is 0 Å². The first-order chi connectivity index (χ1) is 5.52. The zero-order valence-corrected chi connectivity index (χ0v) is 8.39. The van der Waals surface area contributed by atoms with Gasteiger partial charge in [-0.3, -0.25) is 10.1 Å². The lowest BCUT2D eigenvalue weighted by atomic mass is 10.3. The molecule has 1 aromatic rings. The second-order valence-corrected chi connectivity index (χ2v) is 3.28. The molecule has 0 unspecified atom stereocenters. The van der Waals surface area contributed by atoms with Crippen LogP contribution in [0.15, 0.2) is 10.7 Å². The van der Waals surface area contributed by atoms with Crippen LogP contribution in [-0.2, 0) is 0 Å². The molecule has 6 heteroatoms. The summed E-state index contributed by atoms with van der Waals surface area (Å²) in [5.41, 5.74) is 0.444. The Labute approximate surface area is 81.8 Å². The summed E-state index contributed by atoms with van der Waals surface area (Å²) < 4.78 is 0.203. The van der Waals surface area contributed by atoms with E-state index in [2.05, 4.69) is 20.9 Å². The Kier molecular flexibility index (Phi) is 2.64. The summed E-state index contributed by atoms with van der Waals surface area (Å²) in [7, 11) is 0. The monoisotopic (exact) mass is 250 g/mol. The third kappa shape index (κ3) is 1.73. The maximum Gasteiger partial charge on any atom is 0.303 e. The molecular formula is C6H4BrClN2O2. The fraction of sp³-hybridized carbons (Fsp3) is 0.167. The number of pyridine rings is 1. The van der Waals surface area contributed by atoms with Crippen LogP contribution in [0.5, 0.6) is 0 Å². The topological polar surface area (TPSA) is 56.0 Å². The molecule has 1 aromatic heterocycles. The van der Waals surface area contributed by atoms with E-state index in [1.165, 1.54) is 6.07 Å². The van der Waals surface area contributed by atoms with Gasteiger partial charge >= 0.3 is 5.69 Å². The molecule has 0 spiro atoms. The molecule has 0 atom stereocenters. The fourth-order valence-electron chi connectivity index (χ4n) is 0.670. The van der Waals surface area contributed by atoms with Crippen LogP contribution >= 0.6 is 27.5 Å². The number of hydrogen-bond acceptors (Lipinski definition) is 3. The third-order valence-corrected chi connectivity index (χ3v) is 2.25. The molecule has 0 bridgehead atoms. The van der Waals surface area contributed by atoms with Crippen molar-refractivity contribution >= 4 is 33.2 Å². The minimum atomic E-state index is -0.539. The maximum atomic E-state index is 10.4. The number of aromatic nitrogens is 1. The number of aryl methyl sites for hydroxylation is 1. The second kappa shape index (κ2) is 3.37. The van der Waals surface area contributed by atoms with E-state index in [1.807, 2.05) is 0 Å².